The first-order valence-corrected chi connectivity index (χ1v) is 11.8. The Bertz CT molecular complexity index is 836. The summed E-state index contributed by atoms with van der Waals surface area (Å²) in [5, 5.41) is 4.93. The van der Waals surface area contributed by atoms with Crippen LogP contribution in [0.25, 0.3) is 0 Å². The molecular weight excluding hydrogens is 413 g/mol. The molecule has 0 aliphatic heterocycles. The Hall–Kier alpha value is -2.41. The highest BCUT2D eigenvalue weighted by Gasteiger charge is 2.23. The molecule has 2 rings (SSSR count). The maximum absolute atomic E-state index is 13.3. The van der Waals surface area contributed by atoms with Crippen molar-refractivity contribution >= 4 is 23.3 Å². The van der Waals surface area contributed by atoms with E-state index in [4.69, 9.17) is 0 Å². The SMILES string of the molecule is CCCCNC(=O)N(CC(=O)N(Cc1ccc(F)cc1)Cc1sccc1C)CC(C)C. The van der Waals surface area contributed by atoms with Gasteiger partial charge in [0.2, 0.25) is 5.91 Å². The van der Waals surface area contributed by atoms with Crippen LogP contribution in [-0.2, 0) is 17.9 Å². The van der Waals surface area contributed by atoms with E-state index in [2.05, 4.69) is 12.2 Å². The lowest BCUT2D eigenvalue weighted by molar-refractivity contribution is -0.133. The van der Waals surface area contributed by atoms with Crippen molar-refractivity contribution < 1.29 is 14.0 Å². The summed E-state index contributed by atoms with van der Waals surface area (Å²) >= 11 is 1.61. The quantitative estimate of drug-likeness (QED) is 0.482. The van der Waals surface area contributed by atoms with Gasteiger partial charge < -0.3 is 15.1 Å². The number of unbranched alkanes of at least 4 members (excludes halogenated alkanes) is 1. The van der Waals surface area contributed by atoms with Gasteiger partial charge in [-0.05, 0) is 54.0 Å². The summed E-state index contributed by atoms with van der Waals surface area (Å²) in [7, 11) is 0. The van der Waals surface area contributed by atoms with Crippen LogP contribution >= 0.6 is 11.3 Å². The van der Waals surface area contributed by atoms with Crippen LogP contribution in [-0.4, -0.2) is 41.4 Å². The molecule has 1 aromatic carbocycles. The molecule has 0 saturated heterocycles. The molecular formula is C24H34FN3O2S. The molecule has 0 aliphatic carbocycles. The number of amides is 3. The summed E-state index contributed by atoms with van der Waals surface area (Å²) in [5.41, 5.74) is 1.99. The number of nitrogens with one attached hydrogen (secondary N) is 1. The normalized spacial score (nSPS) is 10.9. The topological polar surface area (TPSA) is 52.7 Å². The molecule has 0 bridgehead atoms. The highest BCUT2D eigenvalue weighted by Crippen LogP contribution is 2.20. The Morgan fingerprint density at radius 1 is 1.10 bits per heavy atom. The lowest BCUT2D eigenvalue weighted by Crippen LogP contribution is -2.48. The van der Waals surface area contributed by atoms with E-state index in [9.17, 15) is 14.0 Å². The van der Waals surface area contributed by atoms with Crippen molar-refractivity contribution in [2.24, 2.45) is 5.92 Å². The summed E-state index contributed by atoms with van der Waals surface area (Å²) in [6, 6.07) is 8.03. The van der Waals surface area contributed by atoms with Gasteiger partial charge in [-0.1, -0.05) is 39.3 Å². The molecule has 0 fully saturated rings. The smallest absolute Gasteiger partial charge is 0.317 e. The average molecular weight is 448 g/mol. The number of nitrogens with zero attached hydrogens (tertiary/aromatic N) is 2. The molecule has 0 saturated carbocycles. The van der Waals surface area contributed by atoms with Crippen LogP contribution in [0.15, 0.2) is 35.7 Å². The monoisotopic (exact) mass is 447 g/mol. The summed E-state index contributed by atoms with van der Waals surface area (Å²) < 4.78 is 13.3. The summed E-state index contributed by atoms with van der Waals surface area (Å²) in [6.45, 7) is 10.1. The van der Waals surface area contributed by atoms with Crippen molar-refractivity contribution in [1.82, 2.24) is 15.1 Å². The second-order valence-corrected chi connectivity index (χ2v) is 9.26. The van der Waals surface area contributed by atoms with E-state index in [0.29, 0.717) is 26.2 Å². The predicted octanol–water partition coefficient (Wildman–Crippen LogP) is 5.19. The number of halogens is 1. The van der Waals surface area contributed by atoms with Crippen molar-refractivity contribution in [2.45, 2.75) is 53.6 Å². The van der Waals surface area contributed by atoms with E-state index in [1.807, 2.05) is 32.2 Å². The number of hydrogen-bond acceptors (Lipinski definition) is 3. The van der Waals surface area contributed by atoms with E-state index in [1.54, 1.807) is 33.3 Å². The molecule has 1 heterocycles. The third-order valence-corrected chi connectivity index (χ3v) is 5.96. The minimum absolute atomic E-state index is 0.0156. The van der Waals surface area contributed by atoms with Gasteiger partial charge in [-0.15, -0.1) is 11.3 Å². The molecule has 5 nitrogen and oxygen atoms in total. The molecule has 1 N–H and O–H groups in total. The fraction of sp³-hybridized carbons (Fsp3) is 0.500. The Labute approximate surface area is 189 Å². The Balaban J connectivity index is 2.16. The molecule has 2 aromatic rings. The molecule has 0 atom stereocenters. The Morgan fingerprint density at radius 3 is 2.39 bits per heavy atom. The van der Waals surface area contributed by atoms with Crippen molar-refractivity contribution in [1.29, 1.82) is 0 Å². The zero-order chi connectivity index (χ0) is 22.8. The van der Waals surface area contributed by atoms with Gasteiger partial charge in [0, 0.05) is 24.5 Å². The van der Waals surface area contributed by atoms with Gasteiger partial charge in [0.05, 0.1) is 6.54 Å². The predicted molar refractivity (Wildman–Crippen MR) is 124 cm³/mol. The minimum atomic E-state index is -0.303. The van der Waals surface area contributed by atoms with Gasteiger partial charge in [-0.3, -0.25) is 4.79 Å². The van der Waals surface area contributed by atoms with Crippen molar-refractivity contribution in [3.63, 3.8) is 0 Å². The minimum Gasteiger partial charge on any atom is -0.338 e. The van der Waals surface area contributed by atoms with E-state index in [-0.39, 0.29) is 30.2 Å². The van der Waals surface area contributed by atoms with Crippen LogP contribution in [0.1, 0.15) is 49.6 Å². The number of thiophene rings is 1. The van der Waals surface area contributed by atoms with Crippen LogP contribution in [0.2, 0.25) is 0 Å². The summed E-state index contributed by atoms with van der Waals surface area (Å²) in [6.07, 6.45) is 1.90. The zero-order valence-corrected chi connectivity index (χ0v) is 19.8. The number of benzene rings is 1. The third kappa shape index (κ3) is 8.32. The fourth-order valence-electron chi connectivity index (χ4n) is 3.19. The molecule has 31 heavy (non-hydrogen) atoms. The molecule has 0 radical (unpaired) electrons. The zero-order valence-electron chi connectivity index (χ0n) is 19.0. The van der Waals surface area contributed by atoms with Gasteiger partial charge in [0.15, 0.2) is 0 Å². The van der Waals surface area contributed by atoms with Crippen LogP contribution in [0.5, 0.6) is 0 Å². The summed E-state index contributed by atoms with van der Waals surface area (Å²) in [5.74, 6) is -0.180. The number of carbonyl (C=O) groups is 2. The number of urea groups is 1. The number of carbonyl (C=O) groups excluding carboxylic acids is 2. The number of hydrogen-bond donors (Lipinski definition) is 1. The lowest BCUT2D eigenvalue weighted by atomic mass is 10.2. The largest absolute Gasteiger partial charge is 0.338 e. The second kappa shape index (κ2) is 12.4. The maximum atomic E-state index is 13.3. The molecule has 7 heteroatoms. The van der Waals surface area contributed by atoms with Crippen molar-refractivity contribution in [3.05, 3.63) is 57.5 Å². The van der Waals surface area contributed by atoms with Gasteiger partial charge in [-0.2, -0.15) is 0 Å². The van der Waals surface area contributed by atoms with Gasteiger partial charge in [-0.25, -0.2) is 9.18 Å². The van der Waals surface area contributed by atoms with E-state index >= 15 is 0 Å². The number of aryl methyl sites for hydroxylation is 1. The second-order valence-electron chi connectivity index (χ2n) is 8.26. The number of rotatable bonds is 11. The molecule has 0 aliphatic rings. The van der Waals surface area contributed by atoms with Crippen LogP contribution in [0.4, 0.5) is 9.18 Å². The maximum Gasteiger partial charge on any atom is 0.317 e. The Kier molecular flexibility index (Phi) is 9.98. The van der Waals surface area contributed by atoms with Gasteiger partial charge in [0.25, 0.3) is 0 Å². The van der Waals surface area contributed by atoms with Crippen LogP contribution in [0, 0.1) is 18.7 Å². The fourth-order valence-corrected chi connectivity index (χ4v) is 4.11. The Morgan fingerprint density at radius 2 is 1.81 bits per heavy atom. The first-order valence-electron chi connectivity index (χ1n) is 10.9. The van der Waals surface area contributed by atoms with E-state index in [1.165, 1.54) is 12.1 Å². The van der Waals surface area contributed by atoms with Crippen molar-refractivity contribution in [2.75, 3.05) is 19.6 Å². The standard InChI is InChI=1S/C24H34FN3O2S/c1-5-6-12-26-24(30)28(14-18(2)3)17-23(29)27(16-22-19(4)11-13-31-22)15-20-7-9-21(25)10-8-20/h7-11,13,18H,5-6,12,14-17H2,1-4H3,(H,26,30). The van der Waals surface area contributed by atoms with Crippen molar-refractivity contribution in [3.8, 4) is 0 Å². The average Bonchev–Trinajstić information content (AvgIpc) is 3.12. The molecule has 1 aromatic heterocycles. The molecule has 0 spiro atoms. The highest BCUT2D eigenvalue weighted by atomic mass is 32.1. The van der Waals surface area contributed by atoms with E-state index < -0.39 is 0 Å². The van der Waals surface area contributed by atoms with Gasteiger partial charge >= 0.3 is 6.03 Å². The third-order valence-electron chi connectivity index (χ3n) is 4.95. The highest BCUT2D eigenvalue weighted by molar-refractivity contribution is 7.10. The molecule has 0 unspecified atom stereocenters. The van der Waals surface area contributed by atoms with E-state index in [0.717, 1.165) is 28.8 Å². The lowest BCUT2D eigenvalue weighted by Gasteiger charge is -2.29. The van der Waals surface area contributed by atoms with Crippen LogP contribution in [0.3, 0.4) is 0 Å². The van der Waals surface area contributed by atoms with Gasteiger partial charge in [0.1, 0.15) is 12.4 Å². The summed E-state index contributed by atoms with van der Waals surface area (Å²) in [4.78, 5) is 30.5. The molecule has 170 valence electrons. The van der Waals surface area contributed by atoms with Crippen LogP contribution < -0.4 is 5.32 Å². The molecule has 3 amide bonds. The first kappa shape index (κ1) is 24.9. The first-order chi connectivity index (χ1) is 14.8.